The molecule has 26 heavy (non-hydrogen) atoms. The van der Waals surface area contributed by atoms with Crippen LogP contribution >= 0.6 is 12.2 Å². The van der Waals surface area contributed by atoms with Crippen molar-refractivity contribution < 1.29 is 9.53 Å². The third-order valence-corrected chi connectivity index (χ3v) is 4.47. The summed E-state index contributed by atoms with van der Waals surface area (Å²) >= 11 is 5.21. The summed E-state index contributed by atoms with van der Waals surface area (Å²) in [6.07, 6.45) is 0. The number of aromatic amines is 1. The van der Waals surface area contributed by atoms with E-state index in [1.165, 1.54) is 4.57 Å². The number of carbonyl (C=O) groups excluding carboxylic acids is 1. The van der Waals surface area contributed by atoms with Crippen LogP contribution in [0.5, 0.6) is 5.75 Å². The second kappa shape index (κ2) is 7.53. The van der Waals surface area contributed by atoms with Crippen LogP contribution in [0.3, 0.4) is 0 Å². The van der Waals surface area contributed by atoms with Crippen LogP contribution in [0.15, 0.2) is 47.3 Å². The minimum Gasteiger partial charge on any atom is -0.497 e. The third-order valence-electron chi connectivity index (χ3n) is 4.15. The average Bonchev–Trinajstić information content (AvgIpc) is 2.66. The molecule has 3 rings (SSSR count). The lowest BCUT2D eigenvalue weighted by atomic mass is 10.1. The molecule has 0 aliphatic rings. The molecule has 0 saturated heterocycles. The van der Waals surface area contributed by atoms with E-state index in [0.29, 0.717) is 34.3 Å². The average molecular weight is 369 g/mol. The summed E-state index contributed by atoms with van der Waals surface area (Å²) in [4.78, 5) is 27.9. The molecular weight excluding hydrogens is 350 g/mol. The third kappa shape index (κ3) is 3.52. The number of hydrogen-bond acceptors (Lipinski definition) is 4. The Morgan fingerprint density at radius 1 is 1.27 bits per heavy atom. The van der Waals surface area contributed by atoms with Gasteiger partial charge < -0.3 is 15.0 Å². The Morgan fingerprint density at radius 2 is 2.08 bits per heavy atom. The van der Waals surface area contributed by atoms with Crippen molar-refractivity contribution in [3.05, 3.63) is 68.7 Å². The second-order valence-corrected chi connectivity index (χ2v) is 6.16. The molecule has 0 aliphatic carbocycles. The molecule has 0 bridgehead atoms. The van der Waals surface area contributed by atoms with Gasteiger partial charge in [0.15, 0.2) is 4.77 Å². The fraction of sp³-hybridized carbons (Fsp3) is 0.211. The van der Waals surface area contributed by atoms with Crippen LogP contribution in [0.2, 0.25) is 0 Å². The van der Waals surface area contributed by atoms with Gasteiger partial charge in [0.1, 0.15) is 5.75 Å². The fourth-order valence-electron chi connectivity index (χ4n) is 2.75. The first kappa shape index (κ1) is 17.9. The highest BCUT2D eigenvalue weighted by Crippen LogP contribution is 2.14. The van der Waals surface area contributed by atoms with Gasteiger partial charge in [-0.2, -0.15) is 0 Å². The van der Waals surface area contributed by atoms with Crippen LogP contribution < -0.4 is 15.6 Å². The van der Waals surface area contributed by atoms with Crippen molar-refractivity contribution in [3.63, 3.8) is 0 Å². The lowest BCUT2D eigenvalue weighted by Gasteiger charge is -2.09. The Kier molecular flexibility index (Phi) is 5.18. The Bertz CT molecular complexity index is 1090. The number of hydrogen-bond donors (Lipinski definition) is 2. The zero-order valence-corrected chi connectivity index (χ0v) is 15.4. The highest BCUT2D eigenvalue weighted by Gasteiger charge is 2.10. The Morgan fingerprint density at radius 3 is 2.81 bits per heavy atom. The molecule has 2 N–H and O–H groups in total. The molecule has 134 valence electrons. The van der Waals surface area contributed by atoms with Crippen molar-refractivity contribution in [2.45, 2.75) is 20.0 Å². The van der Waals surface area contributed by atoms with Crippen molar-refractivity contribution in [1.29, 1.82) is 0 Å². The quantitative estimate of drug-likeness (QED) is 0.678. The number of fused-ring (bicyclic) bond motifs is 1. The topological polar surface area (TPSA) is 76.1 Å². The summed E-state index contributed by atoms with van der Waals surface area (Å²) in [5, 5.41) is 3.37. The van der Waals surface area contributed by atoms with Gasteiger partial charge in [0.25, 0.3) is 11.5 Å². The lowest BCUT2D eigenvalue weighted by molar-refractivity contribution is 0.0951. The van der Waals surface area contributed by atoms with E-state index in [9.17, 15) is 9.59 Å². The maximum Gasteiger partial charge on any atom is 0.262 e. The molecule has 1 aromatic heterocycles. The number of nitrogens with one attached hydrogen (secondary N) is 2. The number of benzene rings is 2. The molecule has 0 atom stereocenters. The van der Waals surface area contributed by atoms with Gasteiger partial charge >= 0.3 is 0 Å². The molecule has 1 amide bonds. The van der Waals surface area contributed by atoms with E-state index in [4.69, 9.17) is 17.0 Å². The number of nitrogens with zero attached hydrogens (tertiary/aromatic N) is 1. The van der Waals surface area contributed by atoms with Gasteiger partial charge in [-0.1, -0.05) is 12.1 Å². The molecule has 3 aromatic rings. The molecule has 0 spiro atoms. The zero-order chi connectivity index (χ0) is 18.7. The van der Waals surface area contributed by atoms with Gasteiger partial charge in [-0.25, -0.2) is 0 Å². The number of methoxy groups -OCH3 is 1. The molecule has 0 fully saturated rings. The van der Waals surface area contributed by atoms with E-state index in [0.717, 1.165) is 11.3 Å². The fourth-order valence-corrected chi connectivity index (χ4v) is 3.07. The minimum atomic E-state index is -0.228. The van der Waals surface area contributed by atoms with Gasteiger partial charge in [0.2, 0.25) is 0 Å². The lowest BCUT2D eigenvalue weighted by Crippen LogP contribution is -2.24. The molecule has 0 unspecified atom stereocenters. The van der Waals surface area contributed by atoms with Crippen LogP contribution in [0.1, 0.15) is 22.8 Å². The van der Waals surface area contributed by atoms with E-state index in [1.807, 2.05) is 31.2 Å². The van der Waals surface area contributed by atoms with Crippen molar-refractivity contribution in [2.24, 2.45) is 0 Å². The maximum atomic E-state index is 12.4. The van der Waals surface area contributed by atoms with Crippen molar-refractivity contribution >= 4 is 29.0 Å². The first-order chi connectivity index (χ1) is 12.5. The van der Waals surface area contributed by atoms with Gasteiger partial charge in [-0.05, 0) is 55.0 Å². The predicted octanol–water partition coefficient (Wildman–Crippen LogP) is 3.02. The summed E-state index contributed by atoms with van der Waals surface area (Å²) in [5.41, 5.74) is 1.79. The highest BCUT2D eigenvalue weighted by molar-refractivity contribution is 7.71. The maximum absolute atomic E-state index is 12.4. The smallest absolute Gasteiger partial charge is 0.262 e. The Labute approximate surface area is 155 Å². The van der Waals surface area contributed by atoms with E-state index in [2.05, 4.69) is 10.3 Å². The van der Waals surface area contributed by atoms with E-state index in [1.54, 1.807) is 25.3 Å². The first-order valence-electron chi connectivity index (χ1n) is 8.21. The normalized spacial score (nSPS) is 10.7. The molecule has 2 aromatic carbocycles. The summed E-state index contributed by atoms with van der Waals surface area (Å²) in [5.74, 6) is 0.510. The van der Waals surface area contributed by atoms with Gasteiger partial charge in [-0.3, -0.25) is 14.2 Å². The zero-order valence-electron chi connectivity index (χ0n) is 14.5. The van der Waals surface area contributed by atoms with Gasteiger partial charge in [0.05, 0.1) is 18.0 Å². The summed E-state index contributed by atoms with van der Waals surface area (Å²) in [7, 11) is 1.60. The summed E-state index contributed by atoms with van der Waals surface area (Å²) in [6.45, 7) is 2.73. The van der Waals surface area contributed by atoms with E-state index in [-0.39, 0.29) is 11.5 Å². The van der Waals surface area contributed by atoms with Crippen LogP contribution in [0.4, 0.5) is 0 Å². The van der Waals surface area contributed by atoms with E-state index < -0.39 is 0 Å². The summed E-state index contributed by atoms with van der Waals surface area (Å²) in [6, 6.07) is 12.4. The van der Waals surface area contributed by atoms with Gasteiger partial charge in [-0.15, -0.1) is 0 Å². The Hall–Kier alpha value is -2.93. The number of amides is 1. The molecule has 0 saturated carbocycles. The van der Waals surface area contributed by atoms with Crippen LogP contribution in [-0.4, -0.2) is 22.6 Å². The number of carbonyl (C=O) groups is 1. The number of aromatic nitrogens is 2. The molecule has 0 radical (unpaired) electrons. The number of H-pyrrole nitrogens is 1. The standard InChI is InChI=1S/C19H19N3O3S/c1-3-22-18(24)15-8-7-13(10-16(15)21-19(22)26)17(23)20-11-12-5-4-6-14(9-12)25-2/h4-10H,3,11H2,1-2H3,(H,20,23)(H,21,26). The van der Waals surface area contributed by atoms with Crippen LogP contribution in [0.25, 0.3) is 10.9 Å². The first-order valence-corrected chi connectivity index (χ1v) is 8.62. The largest absolute Gasteiger partial charge is 0.497 e. The molecule has 6 nitrogen and oxygen atoms in total. The Balaban J connectivity index is 1.84. The molecule has 0 aliphatic heterocycles. The molecule has 7 heteroatoms. The van der Waals surface area contributed by atoms with E-state index >= 15 is 0 Å². The highest BCUT2D eigenvalue weighted by atomic mass is 32.1. The van der Waals surface area contributed by atoms with Crippen molar-refractivity contribution in [1.82, 2.24) is 14.9 Å². The minimum absolute atomic E-state index is 0.158. The molecule has 1 heterocycles. The van der Waals surface area contributed by atoms with Crippen molar-refractivity contribution in [3.8, 4) is 5.75 Å². The predicted molar refractivity (Wildman–Crippen MR) is 103 cm³/mol. The SMILES string of the molecule is CCn1c(=S)[nH]c2cc(C(=O)NCc3cccc(OC)c3)ccc2c1=O. The monoisotopic (exact) mass is 369 g/mol. The second-order valence-electron chi connectivity index (χ2n) is 5.77. The van der Waals surface area contributed by atoms with Gasteiger partial charge in [0, 0.05) is 18.7 Å². The van der Waals surface area contributed by atoms with Crippen LogP contribution in [0, 0.1) is 4.77 Å². The van der Waals surface area contributed by atoms with Crippen LogP contribution in [-0.2, 0) is 13.1 Å². The molecular formula is C19H19N3O3S. The number of ether oxygens (including phenoxy) is 1. The number of rotatable bonds is 5. The summed E-state index contributed by atoms with van der Waals surface area (Å²) < 4.78 is 7.01. The van der Waals surface area contributed by atoms with Crippen molar-refractivity contribution in [2.75, 3.05) is 7.11 Å².